The molecule has 4 heterocycles. The third kappa shape index (κ3) is 4.86. The van der Waals surface area contributed by atoms with Gasteiger partial charge in [-0.05, 0) is 50.4 Å². The van der Waals surface area contributed by atoms with E-state index < -0.39 is 0 Å². The van der Waals surface area contributed by atoms with Crippen LogP contribution in [0.25, 0.3) is 0 Å². The highest BCUT2D eigenvalue weighted by Gasteiger charge is 2.38. The summed E-state index contributed by atoms with van der Waals surface area (Å²) >= 11 is 0. The SMILES string of the molecule is CN1CCN(c2cc(C(=O)N3CCC4(CCNC4)CC3)ccn2)CC1.Cl.Cl. The summed E-state index contributed by atoms with van der Waals surface area (Å²) < 4.78 is 0. The molecular weight excluding hydrogens is 385 g/mol. The molecule has 0 atom stereocenters. The van der Waals surface area contributed by atoms with Gasteiger partial charge in [0.25, 0.3) is 5.91 Å². The molecule has 1 aromatic heterocycles. The monoisotopic (exact) mass is 415 g/mol. The lowest BCUT2D eigenvalue weighted by molar-refractivity contribution is 0.0607. The van der Waals surface area contributed by atoms with Gasteiger partial charge in [0.2, 0.25) is 0 Å². The minimum Gasteiger partial charge on any atom is -0.354 e. The molecule has 4 rings (SSSR count). The van der Waals surface area contributed by atoms with E-state index in [0.717, 1.165) is 76.6 Å². The Morgan fingerprint density at radius 2 is 1.78 bits per heavy atom. The fraction of sp³-hybridized carbons (Fsp3) is 0.684. The highest BCUT2D eigenvalue weighted by Crippen LogP contribution is 2.37. The van der Waals surface area contributed by atoms with E-state index in [9.17, 15) is 4.79 Å². The predicted molar refractivity (Wildman–Crippen MR) is 114 cm³/mol. The van der Waals surface area contributed by atoms with Crippen molar-refractivity contribution in [1.82, 2.24) is 20.1 Å². The average molecular weight is 416 g/mol. The Labute approximate surface area is 174 Å². The number of likely N-dealkylation sites (N-methyl/N-ethyl adjacent to an activating group) is 1. The molecule has 6 nitrogen and oxygen atoms in total. The summed E-state index contributed by atoms with van der Waals surface area (Å²) in [5.41, 5.74) is 1.23. The molecule has 3 aliphatic heterocycles. The summed E-state index contributed by atoms with van der Waals surface area (Å²) in [6.07, 6.45) is 5.30. The number of likely N-dealkylation sites (tertiary alicyclic amines) is 1. The largest absolute Gasteiger partial charge is 0.354 e. The first-order valence-electron chi connectivity index (χ1n) is 9.55. The maximum atomic E-state index is 12.9. The van der Waals surface area contributed by atoms with Crippen LogP contribution in [-0.4, -0.2) is 80.1 Å². The van der Waals surface area contributed by atoms with E-state index >= 15 is 0 Å². The molecule has 1 amide bonds. The number of piperazine rings is 1. The zero-order chi connectivity index (χ0) is 17.3. The van der Waals surface area contributed by atoms with Gasteiger partial charge in [-0.2, -0.15) is 0 Å². The number of halogens is 2. The number of aromatic nitrogens is 1. The number of hydrogen-bond donors (Lipinski definition) is 1. The van der Waals surface area contributed by atoms with Crippen LogP contribution in [0.15, 0.2) is 18.3 Å². The molecule has 1 spiro atoms. The number of carbonyl (C=O) groups excluding carboxylic acids is 1. The van der Waals surface area contributed by atoms with E-state index in [4.69, 9.17) is 0 Å². The van der Waals surface area contributed by atoms with E-state index in [1.165, 1.54) is 6.42 Å². The van der Waals surface area contributed by atoms with Crippen LogP contribution in [0.4, 0.5) is 5.82 Å². The molecule has 152 valence electrons. The Kier molecular flexibility index (Phi) is 7.74. The smallest absolute Gasteiger partial charge is 0.254 e. The van der Waals surface area contributed by atoms with Crippen molar-refractivity contribution in [3.63, 3.8) is 0 Å². The van der Waals surface area contributed by atoms with E-state index in [1.807, 2.05) is 17.0 Å². The van der Waals surface area contributed by atoms with Gasteiger partial charge >= 0.3 is 0 Å². The van der Waals surface area contributed by atoms with Crippen molar-refractivity contribution in [2.75, 3.05) is 64.3 Å². The molecule has 0 saturated carbocycles. The number of pyridine rings is 1. The molecule has 0 bridgehead atoms. The van der Waals surface area contributed by atoms with E-state index in [2.05, 4.69) is 27.1 Å². The number of carbonyl (C=O) groups is 1. The van der Waals surface area contributed by atoms with Gasteiger partial charge in [-0.25, -0.2) is 4.98 Å². The first kappa shape index (κ1) is 22.2. The van der Waals surface area contributed by atoms with Crippen LogP contribution in [0.1, 0.15) is 29.6 Å². The fourth-order valence-electron chi connectivity index (χ4n) is 4.35. The van der Waals surface area contributed by atoms with Crippen LogP contribution in [0.2, 0.25) is 0 Å². The highest BCUT2D eigenvalue weighted by atomic mass is 35.5. The lowest BCUT2D eigenvalue weighted by Gasteiger charge is -2.39. The van der Waals surface area contributed by atoms with Crippen molar-refractivity contribution in [3.05, 3.63) is 23.9 Å². The van der Waals surface area contributed by atoms with Crippen LogP contribution in [0.3, 0.4) is 0 Å². The second-order valence-electron chi connectivity index (χ2n) is 7.91. The molecule has 27 heavy (non-hydrogen) atoms. The van der Waals surface area contributed by atoms with Crippen LogP contribution in [0.5, 0.6) is 0 Å². The second-order valence-corrected chi connectivity index (χ2v) is 7.91. The number of piperidine rings is 1. The normalized spacial score (nSPS) is 22.3. The van der Waals surface area contributed by atoms with Gasteiger partial charge in [-0.3, -0.25) is 4.79 Å². The van der Waals surface area contributed by atoms with Crippen LogP contribution in [-0.2, 0) is 0 Å². The minimum absolute atomic E-state index is 0. The van der Waals surface area contributed by atoms with Gasteiger partial charge in [0, 0.05) is 57.6 Å². The van der Waals surface area contributed by atoms with Gasteiger partial charge in [0.05, 0.1) is 0 Å². The van der Waals surface area contributed by atoms with Crippen molar-refractivity contribution in [3.8, 4) is 0 Å². The first-order valence-corrected chi connectivity index (χ1v) is 9.55. The van der Waals surface area contributed by atoms with Crippen molar-refractivity contribution < 1.29 is 4.79 Å². The van der Waals surface area contributed by atoms with Gasteiger partial charge < -0.3 is 20.0 Å². The molecule has 0 aliphatic carbocycles. The fourth-order valence-corrected chi connectivity index (χ4v) is 4.35. The highest BCUT2D eigenvalue weighted by molar-refractivity contribution is 5.95. The molecule has 8 heteroatoms. The van der Waals surface area contributed by atoms with Crippen molar-refractivity contribution >= 4 is 36.5 Å². The lowest BCUT2D eigenvalue weighted by Crippen LogP contribution is -2.45. The molecule has 3 saturated heterocycles. The Morgan fingerprint density at radius 3 is 2.41 bits per heavy atom. The summed E-state index contributed by atoms with van der Waals surface area (Å²) in [5, 5.41) is 3.48. The Morgan fingerprint density at radius 1 is 1.07 bits per heavy atom. The maximum Gasteiger partial charge on any atom is 0.254 e. The molecular formula is C19H31Cl2N5O. The molecule has 0 aromatic carbocycles. The van der Waals surface area contributed by atoms with Crippen molar-refractivity contribution in [2.24, 2.45) is 5.41 Å². The Bertz CT molecular complexity index is 620. The summed E-state index contributed by atoms with van der Waals surface area (Å²) in [5.74, 6) is 1.10. The Hall–Kier alpha value is -1.08. The van der Waals surface area contributed by atoms with Crippen LogP contribution < -0.4 is 10.2 Å². The van der Waals surface area contributed by atoms with Crippen LogP contribution >= 0.6 is 24.8 Å². The number of nitrogens with one attached hydrogen (secondary N) is 1. The molecule has 0 unspecified atom stereocenters. The molecule has 3 fully saturated rings. The van der Waals surface area contributed by atoms with Crippen molar-refractivity contribution in [1.29, 1.82) is 0 Å². The third-order valence-electron chi connectivity index (χ3n) is 6.26. The summed E-state index contributed by atoms with van der Waals surface area (Å²) in [4.78, 5) is 24.1. The summed E-state index contributed by atoms with van der Waals surface area (Å²) in [7, 11) is 2.15. The van der Waals surface area contributed by atoms with Crippen molar-refractivity contribution in [2.45, 2.75) is 19.3 Å². The molecule has 1 N–H and O–H groups in total. The molecule has 3 aliphatic rings. The number of nitrogens with zero attached hydrogens (tertiary/aromatic N) is 4. The molecule has 1 aromatic rings. The quantitative estimate of drug-likeness (QED) is 0.798. The van der Waals surface area contributed by atoms with Gasteiger partial charge in [0.1, 0.15) is 5.82 Å². The number of amides is 1. The average Bonchev–Trinajstić information content (AvgIpc) is 3.10. The number of rotatable bonds is 2. The summed E-state index contributed by atoms with van der Waals surface area (Å²) in [6, 6.07) is 3.85. The van der Waals surface area contributed by atoms with E-state index in [1.54, 1.807) is 6.20 Å². The maximum absolute atomic E-state index is 12.9. The first-order chi connectivity index (χ1) is 12.2. The third-order valence-corrected chi connectivity index (χ3v) is 6.26. The topological polar surface area (TPSA) is 51.7 Å². The zero-order valence-electron chi connectivity index (χ0n) is 16.0. The second kappa shape index (κ2) is 9.41. The Balaban J connectivity index is 0.00000131. The lowest BCUT2D eigenvalue weighted by atomic mass is 9.78. The predicted octanol–water partition coefficient (Wildman–Crippen LogP) is 1.89. The zero-order valence-corrected chi connectivity index (χ0v) is 17.7. The van der Waals surface area contributed by atoms with E-state index in [-0.39, 0.29) is 30.7 Å². The van der Waals surface area contributed by atoms with E-state index in [0.29, 0.717) is 5.41 Å². The van der Waals surface area contributed by atoms with Gasteiger partial charge in [-0.1, -0.05) is 0 Å². The number of anilines is 1. The minimum atomic E-state index is 0. The van der Waals surface area contributed by atoms with Gasteiger partial charge in [0.15, 0.2) is 0 Å². The number of hydrogen-bond acceptors (Lipinski definition) is 5. The standard InChI is InChI=1S/C19H29N5O.2ClH/c1-22-10-12-23(13-11-22)17-14-16(2-6-21-17)18(25)24-8-4-19(5-9-24)3-7-20-15-19;;/h2,6,14,20H,3-5,7-13,15H2,1H3;2*1H. The molecule has 0 radical (unpaired) electrons. The van der Waals surface area contributed by atoms with Crippen LogP contribution in [0, 0.1) is 5.41 Å². The van der Waals surface area contributed by atoms with Gasteiger partial charge in [-0.15, -0.1) is 24.8 Å². The summed E-state index contributed by atoms with van der Waals surface area (Å²) in [6.45, 7) is 8.05.